The first-order chi connectivity index (χ1) is 15.5. The molecular weight excluding hydrogens is 426 g/mol. The van der Waals surface area contributed by atoms with Crippen molar-refractivity contribution in [3.05, 3.63) is 50.9 Å². The van der Waals surface area contributed by atoms with E-state index >= 15 is 0 Å². The number of likely N-dealkylation sites (N-methyl/N-ethyl adjacent to an activating group) is 1. The predicted octanol–water partition coefficient (Wildman–Crippen LogP) is 3.79. The summed E-state index contributed by atoms with van der Waals surface area (Å²) in [5, 5.41) is 0.713. The number of aryl methyl sites for hydroxylation is 2. The zero-order valence-corrected chi connectivity index (χ0v) is 19.7. The summed E-state index contributed by atoms with van der Waals surface area (Å²) in [6.07, 6.45) is 6.91. The maximum Gasteiger partial charge on any atom is 0.262 e. The molecule has 1 amide bonds. The van der Waals surface area contributed by atoms with Crippen molar-refractivity contribution in [2.75, 3.05) is 20.8 Å². The topological polar surface area (TPSA) is 73.7 Å². The molecule has 8 heteroatoms. The lowest BCUT2D eigenvalue weighted by Gasteiger charge is -2.22. The maximum absolute atomic E-state index is 13.3. The number of hydrogen-bond acceptors (Lipinski definition) is 6. The highest BCUT2D eigenvalue weighted by Gasteiger charge is 2.21. The van der Waals surface area contributed by atoms with Crippen molar-refractivity contribution in [3.63, 3.8) is 0 Å². The minimum Gasteiger partial charge on any atom is -0.493 e. The first-order valence-electron chi connectivity index (χ1n) is 11.0. The van der Waals surface area contributed by atoms with E-state index in [2.05, 4.69) is 4.98 Å². The molecule has 0 aliphatic heterocycles. The molecule has 32 heavy (non-hydrogen) atoms. The summed E-state index contributed by atoms with van der Waals surface area (Å²) in [4.78, 5) is 34.7. The van der Waals surface area contributed by atoms with Gasteiger partial charge >= 0.3 is 0 Å². The molecule has 0 radical (unpaired) electrons. The average molecular weight is 456 g/mol. The quantitative estimate of drug-likeness (QED) is 0.507. The van der Waals surface area contributed by atoms with Crippen molar-refractivity contribution in [3.8, 4) is 11.5 Å². The first-order valence-corrected chi connectivity index (χ1v) is 11.9. The normalized spacial score (nSPS) is 13.5. The Kier molecular flexibility index (Phi) is 6.79. The largest absolute Gasteiger partial charge is 0.493 e. The van der Waals surface area contributed by atoms with E-state index in [-0.39, 0.29) is 18.0 Å². The Bertz CT molecular complexity index is 1180. The highest BCUT2D eigenvalue weighted by Crippen LogP contribution is 2.32. The van der Waals surface area contributed by atoms with Crippen molar-refractivity contribution in [2.45, 2.75) is 52.1 Å². The molecule has 0 saturated heterocycles. The summed E-state index contributed by atoms with van der Waals surface area (Å²) in [6, 6.07) is 5.62. The zero-order chi connectivity index (χ0) is 22.7. The van der Waals surface area contributed by atoms with Crippen LogP contribution in [-0.2, 0) is 30.7 Å². The first kappa shape index (κ1) is 22.3. The molecule has 0 N–H and O–H groups in total. The molecule has 0 unspecified atom stereocenters. The Labute approximate surface area is 191 Å². The summed E-state index contributed by atoms with van der Waals surface area (Å²) in [5.41, 5.74) is 1.98. The molecule has 2 heterocycles. The second kappa shape index (κ2) is 9.73. The van der Waals surface area contributed by atoms with Gasteiger partial charge in [-0.05, 0) is 55.9 Å². The highest BCUT2D eigenvalue weighted by molar-refractivity contribution is 7.18. The van der Waals surface area contributed by atoms with Crippen LogP contribution in [0.5, 0.6) is 11.5 Å². The fraction of sp³-hybridized carbons (Fsp3) is 0.458. The van der Waals surface area contributed by atoms with Gasteiger partial charge in [0.1, 0.15) is 11.4 Å². The van der Waals surface area contributed by atoms with Crippen LogP contribution >= 0.6 is 11.3 Å². The number of fused-ring (bicyclic) bond motifs is 3. The molecule has 1 aliphatic carbocycles. The Morgan fingerprint density at radius 3 is 2.69 bits per heavy atom. The number of aromatic nitrogens is 2. The van der Waals surface area contributed by atoms with Crippen molar-refractivity contribution in [2.24, 2.45) is 0 Å². The standard InChI is InChI=1S/C24H29N3O4S/c1-4-26(13-16-10-11-18(30-2)19(12-16)31-3)21(28)14-27-15-25-23-22(24(27)29)17-8-6-5-7-9-20(17)32-23/h10-12,15H,4-9,13-14H2,1-3H3. The number of methoxy groups -OCH3 is 2. The Balaban J connectivity index is 1.56. The van der Waals surface area contributed by atoms with Crippen LogP contribution in [-0.4, -0.2) is 41.1 Å². The SMILES string of the molecule is CCN(Cc1ccc(OC)c(OC)c1)C(=O)Cn1cnc2sc3c(c2c1=O)CCCCC3. The van der Waals surface area contributed by atoms with Crippen LogP contribution in [0, 0.1) is 0 Å². The molecular formula is C24H29N3O4S. The van der Waals surface area contributed by atoms with Gasteiger partial charge in [0.05, 0.1) is 25.9 Å². The second-order valence-corrected chi connectivity index (χ2v) is 9.10. The fourth-order valence-electron chi connectivity index (χ4n) is 4.29. The summed E-state index contributed by atoms with van der Waals surface area (Å²) in [6.45, 7) is 2.87. The smallest absolute Gasteiger partial charge is 0.262 e. The van der Waals surface area contributed by atoms with Crippen molar-refractivity contribution in [1.82, 2.24) is 14.5 Å². The van der Waals surface area contributed by atoms with Gasteiger partial charge in [-0.15, -0.1) is 11.3 Å². The summed E-state index contributed by atoms with van der Waals surface area (Å²) < 4.78 is 12.1. The number of hydrogen-bond donors (Lipinski definition) is 0. The molecule has 7 nitrogen and oxygen atoms in total. The van der Waals surface area contributed by atoms with Gasteiger partial charge < -0.3 is 14.4 Å². The van der Waals surface area contributed by atoms with Gasteiger partial charge in [-0.1, -0.05) is 12.5 Å². The van der Waals surface area contributed by atoms with Gasteiger partial charge in [0.2, 0.25) is 5.91 Å². The van der Waals surface area contributed by atoms with E-state index < -0.39 is 0 Å². The molecule has 4 rings (SSSR count). The monoisotopic (exact) mass is 455 g/mol. The lowest BCUT2D eigenvalue weighted by molar-refractivity contribution is -0.132. The molecule has 1 aromatic carbocycles. The highest BCUT2D eigenvalue weighted by atomic mass is 32.1. The predicted molar refractivity (Wildman–Crippen MR) is 126 cm³/mol. The number of ether oxygens (including phenoxy) is 2. The van der Waals surface area contributed by atoms with Crippen LogP contribution in [0.15, 0.2) is 29.3 Å². The van der Waals surface area contributed by atoms with Crippen LogP contribution < -0.4 is 15.0 Å². The minimum atomic E-state index is -0.119. The van der Waals surface area contributed by atoms with Gasteiger partial charge in [0.25, 0.3) is 5.56 Å². The van der Waals surface area contributed by atoms with E-state index in [0.717, 1.165) is 41.6 Å². The Hall–Kier alpha value is -2.87. The molecule has 170 valence electrons. The molecule has 0 saturated carbocycles. The molecule has 1 aliphatic rings. The molecule has 0 fully saturated rings. The molecule has 0 bridgehead atoms. The zero-order valence-electron chi connectivity index (χ0n) is 18.8. The molecule has 0 spiro atoms. The Morgan fingerprint density at radius 2 is 1.94 bits per heavy atom. The number of carbonyl (C=O) groups excluding carboxylic acids is 1. The van der Waals surface area contributed by atoms with Gasteiger partial charge in [0, 0.05) is 18.0 Å². The third kappa shape index (κ3) is 4.37. The molecule has 3 aromatic rings. The van der Waals surface area contributed by atoms with Crippen LogP contribution in [0.2, 0.25) is 0 Å². The fourth-order valence-corrected chi connectivity index (χ4v) is 5.51. The van der Waals surface area contributed by atoms with E-state index in [1.165, 1.54) is 22.2 Å². The Morgan fingerprint density at radius 1 is 1.16 bits per heavy atom. The lowest BCUT2D eigenvalue weighted by atomic mass is 10.1. The molecule has 2 aromatic heterocycles. The van der Waals surface area contributed by atoms with Gasteiger partial charge in [-0.2, -0.15) is 0 Å². The van der Waals surface area contributed by atoms with Crippen molar-refractivity contribution < 1.29 is 14.3 Å². The van der Waals surface area contributed by atoms with E-state index in [9.17, 15) is 9.59 Å². The summed E-state index contributed by atoms with van der Waals surface area (Å²) in [5.74, 6) is 1.15. The van der Waals surface area contributed by atoms with Crippen LogP contribution in [0.25, 0.3) is 10.2 Å². The van der Waals surface area contributed by atoms with E-state index in [1.807, 2.05) is 25.1 Å². The number of rotatable bonds is 7. The summed E-state index contributed by atoms with van der Waals surface area (Å²) in [7, 11) is 3.18. The lowest BCUT2D eigenvalue weighted by Crippen LogP contribution is -2.36. The number of amides is 1. The van der Waals surface area contributed by atoms with Crippen molar-refractivity contribution in [1.29, 1.82) is 0 Å². The third-order valence-corrected chi connectivity index (χ3v) is 7.25. The summed E-state index contributed by atoms with van der Waals surface area (Å²) >= 11 is 1.63. The van der Waals surface area contributed by atoms with E-state index in [4.69, 9.17) is 9.47 Å². The maximum atomic E-state index is 13.3. The number of nitrogens with zero attached hydrogens (tertiary/aromatic N) is 3. The van der Waals surface area contributed by atoms with Crippen LogP contribution in [0.4, 0.5) is 0 Å². The van der Waals surface area contributed by atoms with Gasteiger partial charge in [-0.3, -0.25) is 14.2 Å². The number of thiophene rings is 1. The molecule has 0 atom stereocenters. The van der Waals surface area contributed by atoms with Crippen LogP contribution in [0.1, 0.15) is 42.2 Å². The minimum absolute atomic E-state index is 0.0203. The second-order valence-electron chi connectivity index (χ2n) is 8.02. The van der Waals surface area contributed by atoms with Gasteiger partial charge in [-0.25, -0.2) is 4.98 Å². The number of benzene rings is 1. The third-order valence-electron chi connectivity index (χ3n) is 6.05. The van der Waals surface area contributed by atoms with E-state index in [0.29, 0.717) is 30.0 Å². The number of carbonyl (C=O) groups is 1. The average Bonchev–Trinajstić information content (AvgIpc) is 3.01. The van der Waals surface area contributed by atoms with E-state index in [1.54, 1.807) is 30.5 Å². The van der Waals surface area contributed by atoms with Gasteiger partial charge in [0.15, 0.2) is 11.5 Å². The van der Waals surface area contributed by atoms with Crippen molar-refractivity contribution >= 4 is 27.5 Å². The van der Waals surface area contributed by atoms with Crippen LogP contribution in [0.3, 0.4) is 0 Å².